The standard InChI is InChI=1S/C19H20F2N2O2/c20-19(21)25-16-8-4-7-14(9-16)18(24)23-11-15(10-22)17(12-23)13-5-2-1-3-6-13/h1-9,15,17,19H,10-12,22H2/t15-,17+/m1/s1. The quantitative estimate of drug-likeness (QED) is 0.905. The summed E-state index contributed by atoms with van der Waals surface area (Å²) in [5.41, 5.74) is 7.39. The molecule has 1 saturated heterocycles. The Bertz CT molecular complexity index is 724. The van der Waals surface area contributed by atoms with Gasteiger partial charge in [0.15, 0.2) is 0 Å². The van der Waals surface area contributed by atoms with Crippen molar-refractivity contribution in [3.8, 4) is 5.75 Å². The lowest BCUT2D eigenvalue weighted by molar-refractivity contribution is -0.0499. The molecule has 132 valence electrons. The summed E-state index contributed by atoms with van der Waals surface area (Å²) in [7, 11) is 0. The lowest BCUT2D eigenvalue weighted by atomic mass is 9.89. The summed E-state index contributed by atoms with van der Waals surface area (Å²) in [5.74, 6) is 0.133. The highest BCUT2D eigenvalue weighted by atomic mass is 19.3. The van der Waals surface area contributed by atoms with Crippen molar-refractivity contribution in [1.82, 2.24) is 4.90 Å². The fourth-order valence-electron chi connectivity index (χ4n) is 3.34. The summed E-state index contributed by atoms with van der Waals surface area (Å²) in [4.78, 5) is 14.5. The topological polar surface area (TPSA) is 55.6 Å². The highest BCUT2D eigenvalue weighted by molar-refractivity contribution is 5.94. The van der Waals surface area contributed by atoms with Crippen molar-refractivity contribution in [2.45, 2.75) is 12.5 Å². The van der Waals surface area contributed by atoms with E-state index in [0.717, 1.165) is 5.56 Å². The third kappa shape index (κ3) is 3.96. The Balaban J connectivity index is 1.77. The molecule has 1 heterocycles. The van der Waals surface area contributed by atoms with E-state index in [1.54, 1.807) is 11.0 Å². The lowest BCUT2D eigenvalue weighted by Crippen LogP contribution is -2.29. The summed E-state index contributed by atoms with van der Waals surface area (Å²) in [6.07, 6.45) is 0. The molecule has 0 saturated carbocycles. The molecule has 1 aliphatic rings. The van der Waals surface area contributed by atoms with Gasteiger partial charge in [0.2, 0.25) is 0 Å². The minimum Gasteiger partial charge on any atom is -0.435 e. The van der Waals surface area contributed by atoms with Gasteiger partial charge in [0.05, 0.1) is 0 Å². The van der Waals surface area contributed by atoms with Gasteiger partial charge in [-0.25, -0.2) is 0 Å². The van der Waals surface area contributed by atoms with Gasteiger partial charge >= 0.3 is 6.61 Å². The van der Waals surface area contributed by atoms with Gasteiger partial charge in [0.25, 0.3) is 5.91 Å². The van der Waals surface area contributed by atoms with E-state index in [4.69, 9.17) is 5.73 Å². The summed E-state index contributed by atoms with van der Waals surface area (Å²) >= 11 is 0. The predicted molar refractivity (Wildman–Crippen MR) is 90.7 cm³/mol. The molecule has 0 spiro atoms. The molecule has 2 atom stereocenters. The van der Waals surface area contributed by atoms with Gasteiger partial charge in [-0.15, -0.1) is 0 Å². The number of carbonyl (C=O) groups excluding carboxylic acids is 1. The molecule has 6 heteroatoms. The van der Waals surface area contributed by atoms with Crippen molar-refractivity contribution in [3.63, 3.8) is 0 Å². The van der Waals surface area contributed by atoms with Crippen LogP contribution in [0.15, 0.2) is 54.6 Å². The maximum absolute atomic E-state index is 12.8. The molecule has 2 N–H and O–H groups in total. The third-order valence-corrected chi connectivity index (χ3v) is 4.56. The Morgan fingerprint density at radius 1 is 1.16 bits per heavy atom. The second-order valence-electron chi connectivity index (χ2n) is 6.13. The van der Waals surface area contributed by atoms with Gasteiger partial charge in [0, 0.05) is 24.6 Å². The number of carbonyl (C=O) groups is 1. The molecule has 4 nitrogen and oxygen atoms in total. The number of alkyl halides is 2. The first kappa shape index (κ1) is 17.4. The van der Waals surface area contributed by atoms with Gasteiger partial charge in [-0.05, 0) is 36.2 Å². The molecular formula is C19H20F2N2O2. The SMILES string of the molecule is NC[C@@H]1CN(C(=O)c2cccc(OC(F)F)c2)C[C@H]1c1ccccc1. The van der Waals surface area contributed by atoms with Crippen molar-refractivity contribution in [2.75, 3.05) is 19.6 Å². The Kier molecular flexibility index (Phi) is 5.28. The van der Waals surface area contributed by atoms with Crippen LogP contribution in [-0.2, 0) is 0 Å². The van der Waals surface area contributed by atoms with E-state index in [-0.39, 0.29) is 23.5 Å². The van der Waals surface area contributed by atoms with Crippen molar-refractivity contribution in [3.05, 3.63) is 65.7 Å². The number of likely N-dealkylation sites (tertiary alicyclic amines) is 1. The van der Waals surface area contributed by atoms with Gasteiger partial charge in [-0.1, -0.05) is 36.4 Å². The van der Waals surface area contributed by atoms with Crippen LogP contribution in [0.2, 0.25) is 0 Å². The summed E-state index contributed by atoms with van der Waals surface area (Å²) in [5, 5.41) is 0. The molecule has 1 aliphatic heterocycles. The Labute approximate surface area is 145 Å². The number of nitrogens with two attached hydrogens (primary N) is 1. The Hall–Kier alpha value is -2.47. The molecule has 25 heavy (non-hydrogen) atoms. The zero-order valence-electron chi connectivity index (χ0n) is 13.6. The van der Waals surface area contributed by atoms with Gasteiger partial charge < -0.3 is 15.4 Å². The fourth-order valence-corrected chi connectivity index (χ4v) is 3.34. The van der Waals surface area contributed by atoms with Crippen LogP contribution < -0.4 is 10.5 Å². The van der Waals surface area contributed by atoms with Crippen molar-refractivity contribution in [2.24, 2.45) is 11.7 Å². The number of hydrogen-bond acceptors (Lipinski definition) is 3. The van der Waals surface area contributed by atoms with Crippen molar-refractivity contribution >= 4 is 5.91 Å². The van der Waals surface area contributed by atoms with E-state index in [1.807, 2.05) is 30.3 Å². The van der Waals surface area contributed by atoms with Crippen LogP contribution in [0.1, 0.15) is 21.8 Å². The van der Waals surface area contributed by atoms with Crippen LogP contribution in [0.25, 0.3) is 0 Å². The molecule has 0 aromatic heterocycles. The molecule has 0 radical (unpaired) electrons. The van der Waals surface area contributed by atoms with E-state index < -0.39 is 6.61 Å². The van der Waals surface area contributed by atoms with Gasteiger partial charge in [0.1, 0.15) is 5.75 Å². The maximum atomic E-state index is 12.8. The van der Waals surface area contributed by atoms with Crippen LogP contribution in [0.5, 0.6) is 5.75 Å². The fraction of sp³-hybridized carbons (Fsp3) is 0.316. The number of halogens is 2. The molecular weight excluding hydrogens is 326 g/mol. The largest absolute Gasteiger partial charge is 0.435 e. The van der Waals surface area contributed by atoms with Crippen molar-refractivity contribution < 1.29 is 18.3 Å². The van der Waals surface area contributed by atoms with E-state index in [0.29, 0.717) is 25.2 Å². The number of benzene rings is 2. The normalized spacial score (nSPS) is 20.1. The predicted octanol–water partition coefficient (Wildman–Crippen LogP) is 3.10. The Morgan fingerprint density at radius 2 is 1.92 bits per heavy atom. The minimum absolute atomic E-state index is 0.0185. The van der Waals surface area contributed by atoms with Crippen LogP contribution in [0.4, 0.5) is 8.78 Å². The molecule has 2 aromatic rings. The molecule has 3 rings (SSSR count). The first-order valence-electron chi connectivity index (χ1n) is 8.17. The number of ether oxygens (including phenoxy) is 1. The zero-order chi connectivity index (χ0) is 17.8. The van der Waals surface area contributed by atoms with Crippen LogP contribution in [0.3, 0.4) is 0 Å². The molecule has 0 bridgehead atoms. The monoisotopic (exact) mass is 346 g/mol. The van der Waals surface area contributed by atoms with Gasteiger partial charge in [-0.3, -0.25) is 4.79 Å². The van der Waals surface area contributed by atoms with Gasteiger partial charge in [-0.2, -0.15) is 8.78 Å². The second-order valence-corrected chi connectivity index (χ2v) is 6.13. The summed E-state index contributed by atoms with van der Waals surface area (Å²) in [6.45, 7) is -1.32. The number of amides is 1. The average Bonchev–Trinajstić information content (AvgIpc) is 3.06. The van der Waals surface area contributed by atoms with E-state index in [2.05, 4.69) is 4.74 Å². The third-order valence-electron chi connectivity index (χ3n) is 4.56. The minimum atomic E-state index is -2.92. The first-order valence-corrected chi connectivity index (χ1v) is 8.17. The smallest absolute Gasteiger partial charge is 0.387 e. The summed E-state index contributed by atoms with van der Waals surface area (Å²) in [6, 6.07) is 15.9. The zero-order valence-corrected chi connectivity index (χ0v) is 13.6. The molecule has 0 unspecified atom stereocenters. The Morgan fingerprint density at radius 3 is 2.60 bits per heavy atom. The van der Waals surface area contributed by atoms with Crippen molar-refractivity contribution in [1.29, 1.82) is 0 Å². The molecule has 1 fully saturated rings. The first-order chi connectivity index (χ1) is 12.1. The second kappa shape index (κ2) is 7.61. The number of rotatable bonds is 5. The molecule has 1 amide bonds. The molecule has 0 aliphatic carbocycles. The highest BCUT2D eigenvalue weighted by Gasteiger charge is 2.35. The van der Waals surface area contributed by atoms with Crippen LogP contribution in [-0.4, -0.2) is 37.1 Å². The van der Waals surface area contributed by atoms with E-state index in [9.17, 15) is 13.6 Å². The van der Waals surface area contributed by atoms with Crippen LogP contribution >= 0.6 is 0 Å². The van der Waals surface area contributed by atoms with E-state index >= 15 is 0 Å². The van der Waals surface area contributed by atoms with Crippen LogP contribution in [0, 0.1) is 5.92 Å². The lowest BCUT2D eigenvalue weighted by Gasteiger charge is -2.17. The summed E-state index contributed by atoms with van der Waals surface area (Å²) < 4.78 is 29.1. The number of nitrogens with zero attached hydrogens (tertiary/aromatic N) is 1. The van der Waals surface area contributed by atoms with E-state index in [1.165, 1.54) is 18.2 Å². The highest BCUT2D eigenvalue weighted by Crippen LogP contribution is 2.33. The maximum Gasteiger partial charge on any atom is 0.387 e. The average molecular weight is 346 g/mol. The molecule has 2 aromatic carbocycles. The number of hydrogen-bond donors (Lipinski definition) is 1.